The minimum atomic E-state index is -0.523. The van der Waals surface area contributed by atoms with Crippen LogP contribution < -0.4 is 0 Å². The lowest BCUT2D eigenvalue weighted by atomic mass is 10.1. The molecule has 0 rings (SSSR count). The maximum atomic E-state index is 9.07. The summed E-state index contributed by atoms with van der Waals surface area (Å²) >= 11 is 0. The first kappa shape index (κ1) is 8.92. The molecule has 1 unspecified atom stereocenters. The van der Waals surface area contributed by atoms with Crippen LogP contribution in [0.3, 0.4) is 0 Å². The van der Waals surface area contributed by atoms with E-state index in [9.17, 15) is 0 Å². The lowest BCUT2D eigenvalue weighted by Gasteiger charge is -2.14. The number of rotatable bonds is 4. The van der Waals surface area contributed by atoms with Gasteiger partial charge in [0.2, 0.25) is 0 Å². The summed E-state index contributed by atoms with van der Waals surface area (Å²) in [7, 11) is 0. The summed E-state index contributed by atoms with van der Waals surface area (Å²) in [6, 6.07) is 0. The van der Waals surface area contributed by atoms with E-state index in [4.69, 9.17) is 10.2 Å². The fourth-order valence-corrected chi connectivity index (χ4v) is 0.760. The van der Waals surface area contributed by atoms with E-state index in [0.29, 0.717) is 12.8 Å². The Morgan fingerprint density at radius 3 is 2.00 bits per heavy atom. The molecule has 0 radical (unpaired) electrons. The van der Waals surface area contributed by atoms with Gasteiger partial charge in [-0.2, -0.15) is 0 Å². The second-order valence-electron chi connectivity index (χ2n) is 2.33. The molecule has 0 heterocycles. The Balaban J connectivity index is 3.32. The van der Waals surface area contributed by atoms with Crippen molar-refractivity contribution in [3.8, 4) is 0 Å². The van der Waals surface area contributed by atoms with Gasteiger partial charge in [0.1, 0.15) is 0 Å². The Bertz CT molecular complexity index is 63.9. The Labute approximate surface area is 56.5 Å². The van der Waals surface area contributed by atoms with E-state index in [-0.39, 0.29) is 0 Å². The highest BCUT2D eigenvalue weighted by Crippen LogP contribution is 2.04. The third-order valence-corrected chi connectivity index (χ3v) is 1.45. The molecule has 0 aliphatic carbocycles. The van der Waals surface area contributed by atoms with Crippen molar-refractivity contribution >= 4 is 0 Å². The Kier molecular flexibility index (Phi) is 4.72. The first-order valence-corrected chi connectivity index (χ1v) is 3.58. The second kappa shape index (κ2) is 4.77. The molecule has 2 N–H and O–H groups in total. The lowest BCUT2D eigenvalue weighted by Crippen LogP contribution is -2.24. The van der Waals surface area contributed by atoms with Crippen LogP contribution in [0, 0.1) is 0 Å². The van der Waals surface area contributed by atoms with E-state index >= 15 is 0 Å². The van der Waals surface area contributed by atoms with Crippen molar-refractivity contribution in [1.29, 1.82) is 0 Å². The third-order valence-electron chi connectivity index (χ3n) is 1.45. The molecular weight excluding hydrogens is 116 g/mol. The third kappa shape index (κ3) is 3.49. The Hall–Kier alpha value is -0.0800. The van der Waals surface area contributed by atoms with Gasteiger partial charge in [-0.25, -0.2) is 0 Å². The summed E-state index contributed by atoms with van der Waals surface area (Å²) in [4.78, 5) is 0. The smallest absolute Gasteiger partial charge is 0.0798 e. The minimum Gasteiger partial charge on any atom is -0.390 e. The minimum absolute atomic E-state index is 0.514. The molecule has 0 bridgehead atoms. The quantitative estimate of drug-likeness (QED) is 0.597. The van der Waals surface area contributed by atoms with Gasteiger partial charge in [0.15, 0.2) is 0 Å². The number of aliphatic hydroxyl groups excluding tert-OH is 2. The molecule has 56 valence electrons. The summed E-state index contributed by atoms with van der Waals surface area (Å²) in [6.07, 6.45) is 1.24. The van der Waals surface area contributed by atoms with Gasteiger partial charge in [0.05, 0.1) is 12.2 Å². The normalized spacial score (nSPS) is 17.3. The van der Waals surface area contributed by atoms with E-state index in [2.05, 4.69) is 0 Å². The summed E-state index contributed by atoms with van der Waals surface area (Å²) in [6.45, 7) is 3.86. The predicted octanol–water partition coefficient (Wildman–Crippen LogP) is 0.918. The maximum Gasteiger partial charge on any atom is 0.0798 e. The zero-order chi connectivity index (χ0) is 7.28. The molecule has 0 aliphatic rings. The molecule has 0 saturated heterocycles. The van der Waals surface area contributed by atoms with E-state index in [0.717, 1.165) is 6.42 Å². The van der Waals surface area contributed by atoms with Crippen molar-refractivity contribution in [2.75, 3.05) is 0 Å². The zero-order valence-electron chi connectivity index (χ0n) is 6.17. The van der Waals surface area contributed by atoms with E-state index in [1.54, 1.807) is 0 Å². The molecule has 0 aromatic carbocycles. The fourth-order valence-electron chi connectivity index (χ4n) is 0.760. The summed E-state index contributed by atoms with van der Waals surface area (Å²) in [5.41, 5.74) is 0. The molecule has 0 spiro atoms. The number of hydrogen-bond donors (Lipinski definition) is 2. The van der Waals surface area contributed by atoms with Crippen LogP contribution in [0.2, 0.25) is 0 Å². The highest BCUT2D eigenvalue weighted by Gasteiger charge is 2.11. The summed E-state index contributed by atoms with van der Waals surface area (Å²) < 4.78 is 0. The van der Waals surface area contributed by atoms with Crippen molar-refractivity contribution < 1.29 is 10.2 Å². The van der Waals surface area contributed by atoms with Crippen LogP contribution in [-0.2, 0) is 0 Å². The molecule has 2 atom stereocenters. The largest absolute Gasteiger partial charge is 0.390 e. The van der Waals surface area contributed by atoms with Crippen LogP contribution in [-0.4, -0.2) is 22.4 Å². The van der Waals surface area contributed by atoms with E-state index in [1.807, 2.05) is 13.8 Å². The standard InChI is InChI=1S/C7H16O2/c1-3-5-7(9)6(8)4-2/h6-9H,3-5H2,1-2H3/t6-,7?/m0/s1. The van der Waals surface area contributed by atoms with Crippen LogP contribution in [0.25, 0.3) is 0 Å². The zero-order valence-corrected chi connectivity index (χ0v) is 6.17. The Morgan fingerprint density at radius 1 is 1.11 bits per heavy atom. The van der Waals surface area contributed by atoms with Crippen molar-refractivity contribution in [2.24, 2.45) is 0 Å². The lowest BCUT2D eigenvalue weighted by molar-refractivity contribution is 0.0124. The van der Waals surface area contributed by atoms with Gasteiger partial charge in [-0.1, -0.05) is 20.3 Å². The van der Waals surface area contributed by atoms with Gasteiger partial charge < -0.3 is 10.2 Å². The maximum absolute atomic E-state index is 9.07. The molecule has 9 heavy (non-hydrogen) atoms. The summed E-state index contributed by atoms with van der Waals surface area (Å²) in [5, 5.41) is 18.1. The predicted molar refractivity (Wildman–Crippen MR) is 37.2 cm³/mol. The van der Waals surface area contributed by atoms with Gasteiger partial charge in [0.25, 0.3) is 0 Å². The van der Waals surface area contributed by atoms with Crippen molar-refractivity contribution in [3.63, 3.8) is 0 Å². The van der Waals surface area contributed by atoms with Crippen LogP contribution in [0.1, 0.15) is 33.1 Å². The Morgan fingerprint density at radius 2 is 1.67 bits per heavy atom. The van der Waals surface area contributed by atoms with Crippen molar-refractivity contribution in [3.05, 3.63) is 0 Å². The molecule has 2 nitrogen and oxygen atoms in total. The number of hydrogen-bond acceptors (Lipinski definition) is 2. The number of aliphatic hydroxyl groups is 2. The van der Waals surface area contributed by atoms with Crippen molar-refractivity contribution in [2.45, 2.75) is 45.3 Å². The van der Waals surface area contributed by atoms with Crippen LogP contribution in [0.5, 0.6) is 0 Å². The highest BCUT2D eigenvalue weighted by molar-refractivity contribution is 4.63. The average Bonchev–Trinajstić information content (AvgIpc) is 1.87. The van der Waals surface area contributed by atoms with E-state index < -0.39 is 12.2 Å². The van der Waals surface area contributed by atoms with Gasteiger partial charge in [-0.3, -0.25) is 0 Å². The molecule has 2 heteroatoms. The molecule has 0 aliphatic heterocycles. The molecule has 0 saturated carbocycles. The van der Waals surface area contributed by atoms with Crippen LogP contribution >= 0.6 is 0 Å². The molecular formula is C7H16O2. The van der Waals surface area contributed by atoms with Gasteiger partial charge in [-0.05, 0) is 12.8 Å². The highest BCUT2D eigenvalue weighted by atomic mass is 16.3. The fraction of sp³-hybridized carbons (Fsp3) is 1.00. The molecule has 0 fully saturated rings. The first-order chi connectivity index (χ1) is 4.22. The topological polar surface area (TPSA) is 40.5 Å². The average molecular weight is 132 g/mol. The van der Waals surface area contributed by atoms with Gasteiger partial charge >= 0.3 is 0 Å². The molecule has 0 amide bonds. The molecule has 0 aromatic heterocycles. The monoisotopic (exact) mass is 132 g/mol. The van der Waals surface area contributed by atoms with Crippen LogP contribution in [0.15, 0.2) is 0 Å². The van der Waals surface area contributed by atoms with Crippen molar-refractivity contribution in [1.82, 2.24) is 0 Å². The second-order valence-corrected chi connectivity index (χ2v) is 2.33. The van der Waals surface area contributed by atoms with Gasteiger partial charge in [-0.15, -0.1) is 0 Å². The van der Waals surface area contributed by atoms with Crippen LogP contribution in [0.4, 0.5) is 0 Å². The summed E-state index contributed by atoms with van der Waals surface area (Å²) in [5.74, 6) is 0. The SMILES string of the molecule is CCCC(O)[C@@H](O)CC. The van der Waals surface area contributed by atoms with Gasteiger partial charge in [0, 0.05) is 0 Å². The first-order valence-electron chi connectivity index (χ1n) is 3.58. The van der Waals surface area contributed by atoms with E-state index in [1.165, 1.54) is 0 Å². The molecule has 0 aromatic rings.